The molecule has 27 heavy (non-hydrogen) atoms. The number of hydrazone groups is 1. The van der Waals surface area contributed by atoms with Gasteiger partial charge in [-0.2, -0.15) is 5.10 Å². The van der Waals surface area contributed by atoms with Crippen molar-refractivity contribution in [1.29, 1.82) is 0 Å². The average Bonchev–Trinajstić information content (AvgIpc) is 2.66. The Kier molecular flexibility index (Phi) is 6.46. The van der Waals surface area contributed by atoms with Crippen molar-refractivity contribution in [3.05, 3.63) is 69.3 Å². The molecule has 3 N–H and O–H groups in total. The van der Waals surface area contributed by atoms with Crippen LogP contribution in [0.2, 0.25) is 0 Å². The van der Waals surface area contributed by atoms with Gasteiger partial charge in [-0.25, -0.2) is 0 Å². The fourth-order valence-electron chi connectivity index (χ4n) is 2.69. The first-order chi connectivity index (χ1) is 13.1. The summed E-state index contributed by atoms with van der Waals surface area (Å²) in [5.41, 5.74) is 9.86. The third-order valence-electron chi connectivity index (χ3n) is 3.89. The molecule has 0 atom stereocenters. The number of benzene rings is 3. The molecule has 0 aliphatic heterocycles. The minimum Gasteiger partial charge on any atom is -0.493 e. The van der Waals surface area contributed by atoms with Gasteiger partial charge in [0.25, 0.3) is 0 Å². The normalized spacial score (nSPS) is 10.9. The summed E-state index contributed by atoms with van der Waals surface area (Å²) in [4.78, 5) is 0. The van der Waals surface area contributed by atoms with Crippen molar-refractivity contribution in [1.82, 2.24) is 5.43 Å². The van der Waals surface area contributed by atoms with E-state index in [9.17, 15) is 0 Å². The third-order valence-corrected chi connectivity index (χ3v) is 4.78. The van der Waals surface area contributed by atoms with Gasteiger partial charge >= 0.3 is 0 Å². The van der Waals surface area contributed by atoms with E-state index in [0.29, 0.717) is 18.1 Å². The van der Waals surface area contributed by atoms with Crippen LogP contribution in [0.4, 0.5) is 0 Å². The number of fused-ring (bicyclic) bond motifs is 1. The van der Waals surface area contributed by atoms with Gasteiger partial charge in [0.2, 0.25) is 0 Å². The Balaban J connectivity index is 1.84. The molecule has 0 aromatic heterocycles. The van der Waals surface area contributed by atoms with Crippen LogP contribution in [0.3, 0.4) is 0 Å². The largest absolute Gasteiger partial charge is 0.493 e. The van der Waals surface area contributed by atoms with E-state index in [1.807, 2.05) is 30.3 Å². The lowest BCUT2D eigenvalue weighted by atomic mass is 10.1. The van der Waals surface area contributed by atoms with E-state index in [1.54, 1.807) is 13.3 Å². The number of ether oxygens (including phenoxy) is 2. The summed E-state index contributed by atoms with van der Waals surface area (Å²) in [6.45, 7) is 0.449. The molecule has 3 aromatic rings. The highest BCUT2D eigenvalue weighted by Crippen LogP contribution is 2.34. The van der Waals surface area contributed by atoms with Crippen LogP contribution in [0.5, 0.6) is 11.5 Å². The van der Waals surface area contributed by atoms with Crippen LogP contribution >= 0.6 is 34.8 Å². The summed E-state index contributed by atoms with van der Waals surface area (Å²) in [5, 5.41) is 6.46. The fourth-order valence-corrected chi connectivity index (χ4v) is 3.53. The first-order valence-corrected chi connectivity index (χ1v) is 9.62. The smallest absolute Gasteiger partial charge is 0.184 e. The number of hydrogen-bond acceptors (Lipinski definition) is 4. The molecular weight excluding hydrogens is 473 g/mol. The Bertz CT molecular complexity index is 1000. The zero-order valence-electron chi connectivity index (χ0n) is 14.6. The Labute approximate surface area is 176 Å². The molecule has 0 aliphatic carbocycles. The van der Waals surface area contributed by atoms with Crippen LogP contribution in [0.25, 0.3) is 10.8 Å². The van der Waals surface area contributed by atoms with Gasteiger partial charge in [-0.1, -0.05) is 42.5 Å². The van der Waals surface area contributed by atoms with Gasteiger partial charge in [0, 0.05) is 0 Å². The Morgan fingerprint density at radius 2 is 2.00 bits per heavy atom. The molecule has 0 radical (unpaired) electrons. The molecule has 0 spiro atoms. The van der Waals surface area contributed by atoms with Crippen LogP contribution in [0.1, 0.15) is 11.1 Å². The topological polar surface area (TPSA) is 68.9 Å². The molecule has 5 nitrogen and oxygen atoms in total. The van der Waals surface area contributed by atoms with Crippen LogP contribution < -0.4 is 20.6 Å². The van der Waals surface area contributed by atoms with Crippen molar-refractivity contribution in [2.24, 2.45) is 10.8 Å². The summed E-state index contributed by atoms with van der Waals surface area (Å²) in [7, 11) is 1.62. The third kappa shape index (κ3) is 4.86. The number of nitrogens with zero attached hydrogens (tertiary/aromatic N) is 1. The van der Waals surface area contributed by atoms with Crippen molar-refractivity contribution in [2.45, 2.75) is 6.61 Å². The highest BCUT2D eigenvalue weighted by atomic mass is 127. The maximum Gasteiger partial charge on any atom is 0.184 e. The van der Waals surface area contributed by atoms with Crippen LogP contribution in [0, 0.1) is 3.57 Å². The second-order valence-corrected chi connectivity index (χ2v) is 7.30. The van der Waals surface area contributed by atoms with E-state index in [1.165, 1.54) is 10.8 Å². The number of methoxy groups -OCH3 is 1. The molecule has 0 aliphatic rings. The summed E-state index contributed by atoms with van der Waals surface area (Å²) in [6.07, 6.45) is 1.62. The number of rotatable bonds is 6. The second kappa shape index (κ2) is 9.01. The van der Waals surface area contributed by atoms with E-state index >= 15 is 0 Å². The Morgan fingerprint density at radius 3 is 2.78 bits per heavy atom. The second-order valence-electron chi connectivity index (χ2n) is 5.70. The van der Waals surface area contributed by atoms with Gasteiger partial charge in [-0.3, -0.25) is 5.43 Å². The zero-order chi connectivity index (χ0) is 19.2. The molecule has 0 saturated carbocycles. The lowest BCUT2D eigenvalue weighted by molar-refractivity contribution is 0.283. The molecule has 0 heterocycles. The quantitative estimate of drug-likeness (QED) is 0.234. The summed E-state index contributed by atoms with van der Waals surface area (Å²) >= 11 is 6.95. The number of hydrogen-bond donors (Lipinski definition) is 2. The van der Waals surface area contributed by atoms with Crippen molar-refractivity contribution in [3.63, 3.8) is 0 Å². The Morgan fingerprint density at radius 1 is 1.22 bits per heavy atom. The van der Waals surface area contributed by atoms with Gasteiger partial charge < -0.3 is 15.2 Å². The molecule has 0 saturated heterocycles. The fraction of sp³-hybridized carbons (Fsp3) is 0.100. The summed E-state index contributed by atoms with van der Waals surface area (Å²) < 4.78 is 12.5. The highest BCUT2D eigenvalue weighted by molar-refractivity contribution is 14.1. The van der Waals surface area contributed by atoms with Crippen molar-refractivity contribution < 1.29 is 9.47 Å². The number of thiocarbonyl (C=S) groups is 1. The molecule has 138 valence electrons. The van der Waals surface area contributed by atoms with Crippen LogP contribution in [-0.2, 0) is 6.61 Å². The molecule has 0 unspecified atom stereocenters. The molecule has 0 bridgehead atoms. The van der Waals surface area contributed by atoms with E-state index < -0.39 is 0 Å². The molecule has 0 amide bonds. The SMILES string of the molecule is COc1cc(/C=N\NC(N)=S)cc(I)c1OCc1cccc2ccccc12. The molecule has 3 aromatic carbocycles. The van der Waals surface area contributed by atoms with Gasteiger partial charge in [0.05, 0.1) is 16.9 Å². The van der Waals surface area contributed by atoms with Gasteiger partial charge in [-0.15, -0.1) is 0 Å². The predicted octanol–water partition coefficient (Wildman–Crippen LogP) is 4.20. The number of nitrogens with one attached hydrogen (secondary N) is 1. The van der Waals surface area contributed by atoms with Crippen LogP contribution in [0.15, 0.2) is 59.7 Å². The van der Waals surface area contributed by atoms with E-state index in [2.05, 4.69) is 57.4 Å². The maximum atomic E-state index is 6.12. The summed E-state index contributed by atoms with van der Waals surface area (Å²) in [6, 6.07) is 18.3. The Hall–Kier alpha value is -2.39. The van der Waals surface area contributed by atoms with E-state index in [-0.39, 0.29) is 5.11 Å². The molecular formula is C20H18IN3O2S. The summed E-state index contributed by atoms with van der Waals surface area (Å²) in [5.74, 6) is 1.34. The van der Waals surface area contributed by atoms with Crippen LogP contribution in [-0.4, -0.2) is 18.4 Å². The van der Waals surface area contributed by atoms with Crippen molar-refractivity contribution >= 4 is 56.9 Å². The standard InChI is InChI=1S/C20H18IN3O2S/c1-25-18-10-13(11-23-24-20(22)27)9-17(21)19(18)26-12-15-7-4-6-14-5-2-3-8-16(14)15/h2-11H,12H2,1H3,(H3,22,24,27)/b23-11-. The predicted molar refractivity (Wildman–Crippen MR) is 122 cm³/mol. The molecule has 3 rings (SSSR count). The van der Waals surface area contributed by atoms with Gasteiger partial charge in [0.1, 0.15) is 6.61 Å². The van der Waals surface area contributed by atoms with Crippen molar-refractivity contribution in [3.8, 4) is 11.5 Å². The zero-order valence-corrected chi connectivity index (χ0v) is 17.6. The minimum absolute atomic E-state index is 0.114. The minimum atomic E-state index is 0.114. The van der Waals surface area contributed by atoms with Gasteiger partial charge in [0.15, 0.2) is 16.6 Å². The molecule has 7 heteroatoms. The lowest BCUT2D eigenvalue weighted by Gasteiger charge is -2.14. The van der Waals surface area contributed by atoms with E-state index in [0.717, 1.165) is 14.7 Å². The highest BCUT2D eigenvalue weighted by Gasteiger charge is 2.12. The van der Waals surface area contributed by atoms with Gasteiger partial charge in [-0.05, 0) is 68.8 Å². The first-order valence-electron chi connectivity index (χ1n) is 8.14. The lowest BCUT2D eigenvalue weighted by Crippen LogP contribution is -2.24. The maximum absolute atomic E-state index is 6.12. The first kappa shape index (κ1) is 19.4. The number of nitrogens with two attached hydrogens (primary N) is 1. The average molecular weight is 491 g/mol. The van der Waals surface area contributed by atoms with E-state index in [4.69, 9.17) is 27.4 Å². The monoisotopic (exact) mass is 491 g/mol. The molecule has 0 fully saturated rings. The number of halogens is 1. The van der Waals surface area contributed by atoms with Crippen molar-refractivity contribution in [2.75, 3.05) is 7.11 Å².